The van der Waals surface area contributed by atoms with Crippen LogP contribution in [0.1, 0.15) is 10.6 Å². The molecule has 0 aliphatic rings. The van der Waals surface area contributed by atoms with Gasteiger partial charge in [0.15, 0.2) is 11.5 Å². The van der Waals surface area contributed by atoms with E-state index in [9.17, 15) is 13.6 Å². The van der Waals surface area contributed by atoms with Gasteiger partial charge in [-0.05, 0) is 30.7 Å². The molecule has 1 aromatic carbocycles. The van der Waals surface area contributed by atoms with Crippen molar-refractivity contribution in [2.75, 3.05) is 12.4 Å². The quantitative estimate of drug-likeness (QED) is 0.817. The highest BCUT2D eigenvalue weighted by molar-refractivity contribution is 7.15. The highest BCUT2D eigenvalue weighted by atomic mass is 32.1. The van der Waals surface area contributed by atoms with Crippen molar-refractivity contribution in [1.29, 1.82) is 0 Å². The summed E-state index contributed by atoms with van der Waals surface area (Å²) in [6.45, 7) is -1.16. The minimum atomic E-state index is -2.94. The van der Waals surface area contributed by atoms with E-state index in [1.165, 1.54) is 48.8 Å². The Bertz CT molecular complexity index is 719. The fourth-order valence-electron chi connectivity index (χ4n) is 1.65. The summed E-state index contributed by atoms with van der Waals surface area (Å²) in [7, 11) is 1.34. The van der Waals surface area contributed by atoms with Crippen molar-refractivity contribution >= 4 is 28.5 Å². The summed E-state index contributed by atoms with van der Waals surface area (Å²) in [5.41, 5.74) is 0.590. The van der Waals surface area contributed by atoms with E-state index in [1.807, 2.05) is 0 Å². The minimum absolute atomic E-state index is 0.0755. The van der Waals surface area contributed by atoms with Gasteiger partial charge in [0, 0.05) is 6.08 Å². The van der Waals surface area contributed by atoms with Crippen LogP contribution in [0.3, 0.4) is 0 Å². The molecule has 2 rings (SSSR count). The average Bonchev–Trinajstić information content (AvgIpc) is 2.90. The van der Waals surface area contributed by atoms with Crippen LogP contribution in [0.4, 0.5) is 13.9 Å². The molecule has 1 heterocycles. The predicted molar refractivity (Wildman–Crippen MR) is 81.9 cm³/mol. The van der Waals surface area contributed by atoms with Gasteiger partial charge in [-0.3, -0.25) is 10.1 Å². The standard InChI is InChI=1S/C14H13F2N3O3S/c1-8-18-19-14(23-8)17-12(20)6-4-9-3-5-10(22-13(15)16)11(7-9)21-2/h3-7,13H,1-2H3,(H,17,19,20). The van der Waals surface area contributed by atoms with Crippen LogP contribution in [-0.4, -0.2) is 29.8 Å². The van der Waals surface area contributed by atoms with Gasteiger partial charge >= 0.3 is 6.61 Å². The highest BCUT2D eigenvalue weighted by Crippen LogP contribution is 2.29. The van der Waals surface area contributed by atoms with Crippen LogP contribution in [0, 0.1) is 6.92 Å². The van der Waals surface area contributed by atoms with E-state index in [1.54, 1.807) is 6.92 Å². The van der Waals surface area contributed by atoms with E-state index < -0.39 is 6.61 Å². The van der Waals surface area contributed by atoms with Crippen molar-refractivity contribution in [2.24, 2.45) is 0 Å². The molecule has 0 saturated carbocycles. The first-order valence-corrected chi connectivity index (χ1v) is 7.21. The smallest absolute Gasteiger partial charge is 0.387 e. The summed E-state index contributed by atoms with van der Waals surface area (Å²) in [5.74, 6) is -0.311. The number of alkyl halides is 2. The summed E-state index contributed by atoms with van der Waals surface area (Å²) < 4.78 is 33.8. The van der Waals surface area contributed by atoms with Crippen molar-refractivity contribution in [3.05, 3.63) is 34.8 Å². The topological polar surface area (TPSA) is 73.3 Å². The molecule has 1 amide bonds. The van der Waals surface area contributed by atoms with Gasteiger partial charge in [-0.2, -0.15) is 8.78 Å². The summed E-state index contributed by atoms with van der Waals surface area (Å²) in [5, 5.41) is 11.3. The number of hydrogen-bond donors (Lipinski definition) is 1. The molecule has 23 heavy (non-hydrogen) atoms. The summed E-state index contributed by atoms with van der Waals surface area (Å²) >= 11 is 1.26. The third-order valence-electron chi connectivity index (χ3n) is 2.59. The number of halogens is 2. The van der Waals surface area contributed by atoms with E-state index in [4.69, 9.17) is 4.74 Å². The van der Waals surface area contributed by atoms with Crippen molar-refractivity contribution in [3.63, 3.8) is 0 Å². The summed E-state index contributed by atoms with van der Waals surface area (Å²) in [4.78, 5) is 11.7. The molecule has 0 fully saturated rings. The number of carbonyl (C=O) groups is 1. The normalized spacial score (nSPS) is 11.0. The van der Waals surface area contributed by atoms with Crippen LogP contribution >= 0.6 is 11.3 Å². The Labute approximate surface area is 134 Å². The molecule has 6 nitrogen and oxygen atoms in total. The maximum atomic E-state index is 12.2. The van der Waals surface area contributed by atoms with Crippen LogP contribution in [-0.2, 0) is 4.79 Å². The molecular formula is C14H13F2N3O3S. The van der Waals surface area contributed by atoms with Gasteiger partial charge in [0.25, 0.3) is 0 Å². The Morgan fingerprint density at radius 2 is 2.13 bits per heavy atom. The van der Waals surface area contributed by atoms with Gasteiger partial charge in [-0.25, -0.2) is 0 Å². The van der Waals surface area contributed by atoms with E-state index in [2.05, 4.69) is 20.3 Å². The second-order valence-corrected chi connectivity index (χ2v) is 5.42. The first kappa shape index (κ1) is 16.8. The molecular weight excluding hydrogens is 328 g/mol. The Morgan fingerprint density at radius 3 is 2.74 bits per heavy atom. The lowest BCUT2D eigenvalue weighted by Gasteiger charge is -2.10. The fourth-order valence-corrected chi connectivity index (χ4v) is 2.24. The van der Waals surface area contributed by atoms with Gasteiger partial charge < -0.3 is 9.47 Å². The Hall–Kier alpha value is -2.55. The van der Waals surface area contributed by atoms with E-state index >= 15 is 0 Å². The number of anilines is 1. The number of rotatable bonds is 6. The maximum Gasteiger partial charge on any atom is 0.387 e. The molecule has 122 valence electrons. The zero-order valence-corrected chi connectivity index (χ0v) is 13.1. The lowest BCUT2D eigenvalue weighted by Crippen LogP contribution is -2.07. The highest BCUT2D eigenvalue weighted by Gasteiger charge is 2.10. The van der Waals surface area contributed by atoms with Gasteiger partial charge in [0.1, 0.15) is 5.01 Å². The molecule has 0 saturated heterocycles. The largest absolute Gasteiger partial charge is 0.493 e. The number of carbonyl (C=O) groups excluding carboxylic acids is 1. The van der Waals surface area contributed by atoms with Gasteiger partial charge in [-0.1, -0.05) is 17.4 Å². The zero-order valence-electron chi connectivity index (χ0n) is 12.2. The molecule has 1 N–H and O–H groups in total. The Kier molecular flexibility index (Phi) is 5.58. The molecule has 0 aliphatic carbocycles. The molecule has 0 atom stereocenters. The van der Waals surface area contributed by atoms with Gasteiger partial charge in [0.2, 0.25) is 11.0 Å². The van der Waals surface area contributed by atoms with E-state index in [0.29, 0.717) is 10.7 Å². The van der Waals surface area contributed by atoms with Gasteiger partial charge in [-0.15, -0.1) is 10.2 Å². The second kappa shape index (κ2) is 7.63. The first-order valence-electron chi connectivity index (χ1n) is 6.40. The SMILES string of the molecule is COc1cc(C=CC(=O)Nc2nnc(C)s2)ccc1OC(F)F. The summed E-state index contributed by atoms with van der Waals surface area (Å²) in [6.07, 6.45) is 2.80. The molecule has 0 radical (unpaired) electrons. The number of ether oxygens (including phenoxy) is 2. The number of hydrogen-bond acceptors (Lipinski definition) is 6. The Morgan fingerprint density at radius 1 is 1.35 bits per heavy atom. The van der Waals surface area contributed by atoms with Crippen LogP contribution < -0.4 is 14.8 Å². The lowest BCUT2D eigenvalue weighted by atomic mass is 10.2. The zero-order chi connectivity index (χ0) is 16.8. The molecule has 0 spiro atoms. The van der Waals surface area contributed by atoms with E-state index in [-0.39, 0.29) is 17.4 Å². The lowest BCUT2D eigenvalue weighted by molar-refractivity contribution is -0.111. The fraction of sp³-hybridized carbons (Fsp3) is 0.214. The van der Waals surface area contributed by atoms with Crippen molar-refractivity contribution in [1.82, 2.24) is 10.2 Å². The number of methoxy groups -OCH3 is 1. The van der Waals surface area contributed by atoms with Crippen molar-refractivity contribution in [2.45, 2.75) is 13.5 Å². The van der Waals surface area contributed by atoms with Gasteiger partial charge in [0.05, 0.1) is 7.11 Å². The number of aromatic nitrogens is 2. The summed E-state index contributed by atoms with van der Waals surface area (Å²) in [6, 6.07) is 4.35. The second-order valence-electron chi connectivity index (χ2n) is 4.24. The van der Waals surface area contributed by atoms with Crippen LogP contribution in [0.25, 0.3) is 6.08 Å². The monoisotopic (exact) mass is 341 g/mol. The number of nitrogens with one attached hydrogen (secondary N) is 1. The molecule has 9 heteroatoms. The van der Waals surface area contributed by atoms with Crippen molar-refractivity contribution in [3.8, 4) is 11.5 Å². The number of benzene rings is 1. The molecule has 0 aliphatic heterocycles. The number of aryl methyl sites for hydroxylation is 1. The number of nitrogens with zero attached hydrogens (tertiary/aromatic N) is 2. The molecule has 1 aromatic heterocycles. The molecule has 0 bridgehead atoms. The number of amides is 1. The molecule has 2 aromatic rings. The maximum absolute atomic E-state index is 12.2. The molecule has 0 unspecified atom stereocenters. The van der Waals surface area contributed by atoms with Crippen LogP contribution in [0.2, 0.25) is 0 Å². The Balaban J connectivity index is 2.05. The minimum Gasteiger partial charge on any atom is -0.493 e. The average molecular weight is 341 g/mol. The third kappa shape index (κ3) is 4.99. The van der Waals surface area contributed by atoms with E-state index in [0.717, 1.165) is 5.01 Å². The third-order valence-corrected chi connectivity index (χ3v) is 3.34. The first-order chi connectivity index (χ1) is 11.0. The predicted octanol–water partition coefficient (Wildman–Crippen LogP) is 3.11. The van der Waals surface area contributed by atoms with Crippen molar-refractivity contribution < 1.29 is 23.0 Å². The van der Waals surface area contributed by atoms with Crippen LogP contribution in [0.5, 0.6) is 11.5 Å². The van der Waals surface area contributed by atoms with Crippen LogP contribution in [0.15, 0.2) is 24.3 Å².